The number of rotatable bonds is 2. The molecule has 0 radical (unpaired) electrons. The summed E-state index contributed by atoms with van der Waals surface area (Å²) in [6.45, 7) is 0. The van der Waals surface area contributed by atoms with Crippen LogP contribution < -0.4 is 5.32 Å². The molecule has 0 aliphatic carbocycles. The van der Waals surface area contributed by atoms with Gasteiger partial charge in [0.05, 0.1) is 16.8 Å². The SMILES string of the molecule is N#Cc1ccc(Cl)cc1NC(=O)c1coc2ccccc12. The predicted molar refractivity (Wildman–Crippen MR) is 80.3 cm³/mol. The van der Waals surface area contributed by atoms with Gasteiger partial charge in [0, 0.05) is 10.4 Å². The molecule has 5 heteroatoms. The van der Waals surface area contributed by atoms with E-state index in [9.17, 15) is 4.79 Å². The molecule has 3 rings (SSSR count). The number of hydrogen-bond donors (Lipinski definition) is 1. The molecule has 21 heavy (non-hydrogen) atoms. The number of carbonyl (C=O) groups excluding carboxylic acids is 1. The highest BCUT2D eigenvalue weighted by Crippen LogP contribution is 2.24. The zero-order chi connectivity index (χ0) is 14.8. The summed E-state index contributed by atoms with van der Waals surface area (Å²) in [5.41, 5.74) is 1.77. The summed E-state index contributed by atoms with van der Waals surface area (Å²) in [5.74, 6) is -0.348. The van der Waals surface area contributed by atoms with Gasteiger partial charge in [0.1, 0.15) is 17.9 Å². The van der Waals surface area contributed by atoms with Gasteiger partial charge in [0.15, 0.2) is 0 Å². The van der Waals surface area contributed by atoms with Crippen LogP contribution >= 0.6 is 11.6 Å². The average molecular weight is 297 g/mol. The molecule has 0 spiro atoms. The Morgan fingerprint density at radius 3 is 2.86 bits per heavy atom. The topological polar surface area (TPSA) is 66.0 Å². The van der Waals surface area contributed by atoms with Crippen molar-refractivity contribution in [1.29, 1.82) is 5.26 Å². The Morgan fingerprint density at radius 1 is 1.24 bits per heavy atom. The van der Waals surface area contributed by atoms with Gasteiger partial charge >= 0.3 is 0 Å². The van der Waals surface area contributed by atoms with E-state index in [2.05, 4.69) is 5.32 Å². The van der Waals surface area contributed by atoms with Crippen LogP contribution in [0.25, 0.3) is 11.0 Å². The second-order valence-corrected chi connectivity index (χ2v) is 4.84. The van der Waals surface area contributed by atoms with E-state index >= 15 is 0 Å². The number of nitrogens with zero attached hydrogens (tertiary/aromatic N) is 1. The summed E-state index contributed by atoms with van der Waals surface area (Å²) in [5, 5.41) is 12.9. The maximum absolute atomic E-state index is 12.3. The highest BCUT2D eigenvalue weighted by Gasteiger charge is 2.15. The fraction of sp³-hybridized carbons (Fsp3) is 0. The number of nitrogens with one attached hydrogen (secondary N) is 1. The maximum atomic E-state index is 12.3. The van der Waals surface area contributed by atoms with Crippen molar-refractivity contribution in [2.45, 2.75) is 0 Å². The molecule has 0 unspecified atom stereocenters. The van der Waals surface area contributed by atoms with Gasteiger partial charge < -0.3 is 9.73 Å². The number of halogens is 1. The van der Waals surface area contributed by atoms with E-state index in [4.69, 9.17) is 21.3 Å². The van der Waals surface area contributed by atoms with Crippen molar-refractivity contribution in [2.75, 3.05) is 5.32 Å². The van der Waals surface area contributed by atoms with Gasteiger partial charge in [-0.05, 0) is 24.3 Å². The molecular formula is C16H9ClN2O2. The van der Waals surface area contributed by atoms with Gasteiger partial charge in [0.25, 0.3) is 5.91 Å². The number of fused-ring (bicyclic) bond motifs is 1. The molecule has 1 N–H and O–H groups in total. The lowest BCUT2D eigenvalue weighted by atomic mass is 10.1. The van der Waals surface area contributed by atoms with E-state index in [0.717, 1.165) is 5.39 Å². The Balaban J connectivity index is 1.97. The van der Waals surface area contributed by atoms with Crippen LogP contribution in [-0.2, 0) is 0 Å². The highest BCUT2D eigenvalue weighted by molar-refractivity contribution is 6.31. The second kappa shape index (κ2) is 5.31. The molecule has 0 fully saturated rings. The van der Waals surface area contributed by atoms with Crippen molar-refractivity contribution in [3.8, 4) is 6.07 Å². The molecule has 0 aliphatic rings. The van der Waals surface area contributed by atoms with Gasteiger partial charge in [0.2, 0.25) is 0 Å². The summed E-state index contributed by atoms with van der Waals surface area (Å²) in [6.07, 6.45) is 1.40. The number of amides is 1. The molecule has 4 nitrogen and oxygen atoms in total. The summed E-state index contributed by atoms with van der Waals surface area (Å²) >= 11 is 5.90. The third-order valence-corrected chi connectivity index (χ3v) is 3.31. The van der Waals surface area contributed by atoms with Crippen LogP contribution in [0.15, 0.2) is 53.1 Å². The van der Waals surface area contributed by atoms with Crippen LogP contribution in [0.2, 0.25) is 5.02 Å². The molecule has 0 saturated heterocycles. The molecule has 1 heterocycles. The van der Waals surface area contributed by atoms with Crippen molar-refractivity contribution in [3.05, 3.63) is 64.9 Å². The third kappa shape index (κ3) is 2.47. The molecule has 0 atom stereocenters. The van der Waals surface area contributed by atoms with Crippen LogP contribution in [0, 0.1) is 11.3 Å². The van der Waals surface area contributed by atoms with Crippen molar-refractivity contribution in [2.24, 2.45) is 0 Å². The van der Waals surface area contributed by atoms with Crippen LogP contribution in [0.3, 0.4) is 0 Å². The van der Waals surface area contributed by atoms with Crippen LogP contribution in [-0.4, -0.2) is 5.91 Å². The standard InChI is InChI=1S/C16H9ClN2O2/c17-11-6-5-10(8-18)14(7-11)19-16(20)13-9-21-15-4-2-1-3-12(13)15/h1-7,9H,(H,19,20). The second-order valence-electron chi connectivity index (χ2n) is 4.40. The summed E-state index contributed by atoms with van der Waals surface area (Å²) < 4.78 is 5.34. The zero-order valence-corrected chi connectivity index (χ0v) is 11.5. The lowest BCUT2D eigenvalue weighted by Crippen LogP contribution is -2.12. The number of anilines is 1. The fourth-order valence-corrected chi connectivity index (χ4v) is 2.23. The van der Waals surface area contributed by atoms with Crippen LogP contribution in [0.5, 0.6) is 0 Å². The summed E-state index contributed by atoms with van der Waals surface area (Å²) in [4.78, 5) is 12.3. The molecule has 3 aromatic rings. The zero-order valence-electron chi connectivity index (χ0n) is 10.8. The van der Waals surface area contributed by atoms with E-state index in [1.165, 1.54) is 6.26 Å². The monoisotopic (exact) mass is 296 g/mol. The van der Waals surface area contributed by atoms with E-state index in [1.54, 1.807) is 30.3 Å². The first-order chi connectivity index (χ1) is 10.2. The van der Waals surface area contributed by atoms with Gasteiger partial charge in [-0.2, -0.15) is 5.26 Å². The summed E-state index contributed by atoms with van der Waals surface area (Å²) in [7, 11) is 0. The molecule has 1 aromatic heterocycles. The molecule has 0 aliphatic heterocycles. The smallest absolute Gasteiger partial charge is 0.259 e. The Bertz CT molecular complexity index is 877. The van der Waals surface area contributed by atoms with Crippen molar-refractivity contribution in [3.63, 3.8) is 0 Å². The maximum Gasteiger partial charge on any atom is 0.259 e. The lowest BCUT2D eigenvalue weighted by molar-refractivity contribution is 0.102. The average Bonchev–Trinajstić information content (AvgIpc) is 2.91. The Morgan fingerprint density at radius 2 is 2.05 bits per heavy atom. The summed E-state index contributed by atoms with van der Waals surface area (Å²) in [6, 6.07) is 14.0. The first-order valence-corrected chi connectivity index (χ1v) is 6.54. The number of carbonyl (C=O) groups is 1. The lowest BCUT2D eigenvalue weighted by Gasteiger charge is -2.06. The fourth-order valence-electron chi connectivity index (χ4n) is 2.06. The highest BCUT2D eigenvalue weighted by atomic mass is 35.5. The number of benzene rings is 2. The molecule has 2 aromatic carbocycles. The van der Waals surface area contributed by atoms with Crippen LogP contribution in [0.4, 0.5) is 5.69 Å². The number of para-hydroxylation sites is 1. The number of furan rings is 1. The Labute approximate surface area is 125 Å². The quantitative estimate of drug-likeness (QED) is 0.770. The predicted octanol–water partition coefficient (Wildman–Crippen LogP) is 4.21. The number of nitriles is 1. The van der Waals surface area contributed by atoms with E-state index in [1.807, 2.05) is 18.2 Å². The number of hydrogen-bond acceptors (Lipinski definition) is 3. The van der Waals surface area contributed by atoms with Gasteiger partial charge in [-0.3, -0.25) is 4.79 Å². The van der Waals surface area contributed by atoms with Gasteiger partial charge in [-0.15, -0.1) is 0 Å². The van der Waals surface area contributed by atoms with E-state index in [0.29, 0.717) is 27.4 Å². The van der Waals surface area contributed by atoms with Crippen molar-refractivity contribution >= 4 is 34.2 Å². The molecular weight excluding hydrogens is 288 g/mol. The minimum Gasteiger partial charge on any atom is -0.463 e. The first-order valence-electron chi connectivity index (χ1n) is 6.16. The van der Waals surface area contributed by atoms with Gasteiger partial charge in [-0.25, -0.2) is 0 Å². The minimum atomic E-state index is -0.348. The Hall–Kier alpha value is -2.77. The Kier molecular flexibility index (Phi) is 3.35. The first kappa shape index (κ1) is 13.2. The van der Waals surface area contributed by atoms with E-state index in [-0.39, 0.29) is 5.91 Å². The molecule has 0 saturated carbocycles. The third-order valence-electron chi connectivity index (χ3n) is 3.08. The van der Waals surface area contributed by atoms with Crippen LogP contribution in [0.1, 0.15) is 15.9 Å². The minimum absolute atomic E-state index is 0.348. The molecule has 102 valence electrons. The largest absolute Gasteiger partial charge is 0.463 e. The van der Waals surface area contributed by atoms with E-state index < -0.39 is 0 Å². The van der Waals surface area contributed by atoms with Crippen molar-refractivity contribution in [1.82, 2.24) is 0 Å². The van der Waals surface area contributed by atoms with Gasteiger partial charge in [-0.1, -0.05) is 29.8 Å². The van der Waals surface area contributed by atoms with Crippen molar-refractivity contribution < 1.29 is 9.21 Å². The molecule has 1 amide bonds. The molecule has 0 bridgehead atoms. The normalized spacial score (nSPS) is 10.3.